The number of hydrogen-bond donors (Lipinski definition) is 1. The molecule has 0 aliphatic carbocycles. The molecular formula is C17H19Cl2NS. The Hall–Kier alpha value is -0.670. The molecule has 0 aromatic heterocycles. The van der Waals surface area contributed by atoms with Crippen LogP contribution in [0, 0.1) is 0 Å². The summed E-state index contributed by atoms with van der Waals surface area (Å²) in [6, 6.07) is 16.6. The summed E-state index contributed by atoms with van der Waals surface area (Å²) >= 11 is 13.9. The standard InChI is InChI=1S/C17H19Cl2NS/c1-2-17(13-8-9-15(18)16(19)12-13)20-10-11-21-14-6-4-3-5-7-14/h3-9,12,17,20H,2,10-11H2,1H3. The largest absolute Gasteiger partial charge is 0.309 e. The Kier molecular flexibility index (Phi) is 6.91. The van der Waals surface area contributed by atoms with Gasteiger partial charge in [0.1, 0.15) is 0 Å². The highest BCUT2D eigenvalue weighted by molar-refractivity contribution is 7.99. The second kappa shape index (κ2) is 8.70. The Morgan fingerprint density at radius 1 is 1.05 bits per heavy atom. The van der Waals surface area contributed by atoms with E-state index in [1.54, 1.807) is 0 Å². The fourth-order valence-electron chi connectivity index (χ4n) is 2.15. The number of thioether (sulfide) groups is 1. The van der Waals surface area contributed by atoms with E-state index >= 15 is 0 Å². The maximum absolute atomic E-state index is 6.09. The SMILES string of the molecule is CCC(NCCSc1ccccc1)c1ccc(Cl)c(Cl)c1. The molecule has 0 heterocycles. The molecule has 0 aliphatic heterocycles. The second-order valence-electron chi connectivity index (χ2n) is 4.75. The third-order valence-corrected chi connectivity index (χ3v) is 5.01. The van der Waals surface area contributed by atoms with E-state index in [1.807, 2.05) is 36.0 Å². The Morgan fingerprint density at radius 2 is 1.81 bits per heavy atom. The first kappa shape index (κ1) is 16.7. The Morgan fingerprint density at radius 3 is 2.48 bits per heavy atom. The predicted octanol–water partition coefficient (Wildman–Crippen LogP) is 5.83. The summed E-state index contributed by atoms with van der Waals surface area (Å²) < 4.78 is 0. The van der Waals surface area contributed by atoms with Crippen molar-refractivity contribution in [2.24, 2.45) is 0 Å². The highest BCUT2D eigenvalue weighted by atomic mass is 35.5. The van der Waals surface area contributed by atoms with Crippen LogP contribution in [0.4, 0.5) is 0 Å². The molecular weight excluding hydrogens is 321 g/mol. The summed E-state index contributed by atoms with van der Waals surface area (Å²) in [6.45, 7) is 3.13. The molecule has 4 heteroatoms. The lowest BCUT2D eigenvalue weighted by Gasteiger charge is -2.18. The van der Waals surface area contributed by atoms with Crippen molar-refractivity contribution in [2.75, 3.05) is 12.3 Å². The van der Waals surface area contributed by atoms with E-state index in [2.05, 4.69) is 36.5 Å². The van der Waals surface area contributed by atoms with Gasteiger partial charge in [-0.1, -0.05) is 54.4 Å². The number of hydrogen-bond acceptors (Lipinski definition) is 2. The van der Waals surface area contributed by atoms with Gasteiger partial charge >= 0.3 is 0 Å². The minimum Gasteiger partial charge on any atom is -0.309 e. The van der Waals surface area contributed by atoms with Gasteiger partial charge in [0.25, 0.3) is 0 Å². The highest BCUT2D eigenvalue weighted by Crippen LogP contribution is 2.27. The van der Waals surface area contributed by atoms with Gasteiger partial charge in [-0.2, -0.15) is 0 Å². The summed E-state index contributed by atoms with van der Waals surface area (Å²) in [7, 11) is 0. The summed E-state index contributed by atoms with van der Waals surface area (Å²) in [6.07, 6.45) is 1.02. The van der Waals surface area contributed by atoms with Crippen LogP contribution >= 0.6 is 35.0 Å². The first-order valence-electron chi connectivity index (χ1n) is 7.07. The summed E-state index contributed by atoms with van der Waals surface area (Å²) in [4.78, 5) is 1.31. The lowest BCUT2D eigenvalue weighted by atomic mass is 10.0. The van der Waals surface area contributed by atoms with Gasteiger partial charge in [0.2, 0.25) is 0 Å². The van der Waals surface area contributed by atoms with E-state index < -0.39 is 0 Å². The number of rotatable bonds is 7. The molecule has 1 nitrogen and oxygen atoms in total. The molecule has 112 valence electrons. The van der Waals surface area contributed by atoms with E-state index in [0.29, 0.717) is 16.1 Å². The van der Waals surface area contributed by atoms with Crippen molar-refractivity contribution in [3.8, 4) is 0 Å². The van der Waals surface area contributed by atoms with E-state index in [1.165, 1.54) is 10.5 Å². The van der Waals surface area contributed by atoms with Gasteiger partial charge in [-0.3, -0.25) is 0 Å². The quantitative estimate of drug-likeness (QED) is 0.503. The van der Waals surface area contributed by atoms with Crippen LogP contribution < -0.4 is 5.32 Å². The van der Waals surface area contributed by atoms with Gasteiger partial charge in [-0.15, -0.1) is 11.8 Å². The van der Waals surface area contributed by atoms with E-state index in [9.17, 15) is 0 Å². The zero-order valence-electron chi connectivity index (χ0n) is 12.0. The molecule has 0 bridgehead atoms. The van der Waals surface area contributed by atoms with Crippen LogP contribution in [0.5, 0.6) is 0 Å². The van der Waals surface area contributed by atoms with E-state index in [4.69, 9.17) is 23.2 Å². The molecule has 2 aromatic rings. The van der Waals surface area contributed by atoms with Gasteiger partial charge in [0, 0.05) is 23.2 Å². The molecule has 0 saturated carbocycles. The smallest absolute Gasteiger partial charge is 0.0595 e. The average molecular weight is 340 g/mol. The average Bonchev–Trinajstić information content (AvgIpc) is 2.51. The van der Waals surface area contributed by atoms with Crippen molar-refractivity contribution in [2.45, 2.75) is 24.3 Å². The van der Waals surface area contributed by atoms with Gasteiger partial charge < -0.3 is 5.32 Å². The van der Waals surface area contributed by atoms with Crippen molar-refractivity contribution in [3.05, 3.63) is 64.1 Å². The lowest BCUT2D eigenvalue weighted by molar-refractivity contribution is 0.540. The van der Waals surface area contributed by atoms with Gasteiger partial charge in [-0.05, 0) is 36.2 Å². The summed E-state index contributed by atoms with van der Waals surface area (Å²) in [5, 5.41) is 4.81. The zero-order chi connectivity index (χ0) is 15.1. The Bertz CT molecular complexity index is 560. The zero-order valence-corrected chi connectivity index (χ0v) is 14.3. The molecule has 0 amide bonds. The molecule has 1 unspecified atom stereocenters. The topological polar surface area (TPSA) is 12.0 Å². The second-order valence-corrected chi connectivity index (χ2v) is 6.73. The first-order chi connectivity index (χ1) is 10.2. The van der Waals surface area contributed by atoms with Crippen LogP contribution in [0.2, 0.25) is 10.0 Å². The van der Waals surface area contributed by atoms with Crippen LogP contribution in [0.3, 0.4) is 0 Å². The predicted molar refractivity (Wildman–Crippen MR) is 94.7 cm³/mol. The van der Waals surface area contributed by atoms with Crippen molar-refractivity contribution in [1.82, 2.24) is 5.32 Å². The molecule has 0 fully saturated rings. The molecule has 2 aromatic carbocycles. The third-order valence-electron chi connectivity index (χ3n) is 3.26. The van der Waals surface area contributed by atoms with Crippen molar-refractivity contribution < 1.29 is 0 Å². The monoisotopic (exact) mass is 339 g/mol. The van der Waals surface area contributed by atoms with Gasteiger partial charge in [-0.25, -0.2) is 0 Å². The van der Waals surface area contributed by atoms with Crippen LogP contribution in [0.1, 0.15) is 24.9 Å². The van der Waals surface area contributed by atoms with E-state index in [0.717, 1.165) is 18.7 Å². The third kappa shape index (κ3) is 5.23. The Labute approximate surface area is 141 Å². The highest BCUT2D eigenvalue weighted by Gasteiger charge is 2.10. The van der Waals surface area contributed by atoms with Gasteiger partial charge in [0.05, 0.1) is 10.0 Å². The van der Waals surface area contributed by atoms with Crippen LogP contribution in [-0.4, -0.2) is 12.3 Å². The maximum atomic E-state index is 6.09. The van der Waals surface area contributed by atoms with E-state index in [-0.39, 0.29) is 0 Å². The molecule has 1 atom stereocenters. The number of nitrogens with one attached hydrogen (secondary N) is 1. The van der Waals surface area contributed by atoms with Crippen LogP contribution in [0.15, 0.2) is 53.4 Å². The molecule has 1 N–H and O–H groups in total. The van der Waals surface area contributed by atoms with Crippen molar-refractivity contribution in [3.63, 3.8) is 0 Å². The normalized spacial score (nSPS) is 12.3. The molecule has 0 spiro atoms. The van der Waals surface area contributed by atoms with Crippen LogP contribution in [-0.2, 0) is 0 Å². The fourth-order valence-corrected chi connectivity index (χ4v) is 3.26. The minimum absolute atomic E-state index is 0.316. The first-order valence-corrected chi connectivity index (χ1v) is 8.81. The Balaban J connectivity index is 1.83. The molecule has 0 aliphatic rings. The van der Waals surface area contributed by atoms with Crippen LogP contribution in [0.25, 0.3) is 0 Å². The number of halogens is 2. The molecule has 2 rings (SSSR count). The molecule has 0 radical (unpaired) electrons. The van der Waals surface area contributed by atoms with Crippen molar-refractivity contribution >= 4 is 35.0 Å². The fraction of sp³-hybridized carbons (Fsp3) is 0.294. The molecule has 0 saturated heterocycles. The lowest BCUT2D eigenvalue weighted by Crippen LogP contribution is -2.23. The maximum Gasteiger partial charge on any atom is 0.0595 e. The van der Waals surface area contributed by atoms with Crippen molar-refractivity contribution in [1.29, 1.82) is 0 Å². The summed E-state index contributed by atoms with van der Waals surface area (Å²) in [5.74, 6) is 1.04. The van der Waals surface area contributed by atoms with Gasteiger partial charge in [0.15, 0.2) is 0 Å². The molecule has 21 heavy (non-hydrogen) atoms. The number of benzene rings is 2. The minimum atomic E-state index is 0.316. The summed E-state index contributed by atoms with van der Waals surface area (Å²) in [5.41, 5.74) is 1.19.